The monoisotopic (exact) mass is 406 g/mol. The number of carbonyl (C=O) groups excluding carboxylic acids is 1. The van der Waals surface area contributed by atoms with E-state index in [4.69, 9.17) is 5.11 Å². The van der Waals surface area contributed by atoms with Gasteiger partial charge in [0.1, 0.15) is 5.78 Å². The first-order valence-corrected chi connectivity index (χ1v) is 11.7. The van der Waals surface area contributed by atoms with E-state index in [1.165, 1.54) is 0 Å². The van der Waals surface area contributed by atoms with Gasteiger partial charge in [-0.2, -0.15) is 0 Å². The van der Waals surface area contributed by atoms with Crippen molar-refractivity contribution in [2.45, 2.75) is 90.8 Å². The summed E-state index contributed by atoms with van der Waals surface area (Å²) in [6.45, 7) is 6.54. The van der Waals surface area contributed by atoms with E-state index >= 15 is 0 Å². The summed E-state index contributed by atoms with van der Waals surface area (Å²) >= 11 is 0. The number of carbonyl (C=O) groups is 2. The molecule has 164 valence electrons. The molecule has 29 heavy (non-hydrogen) atoms. The Morgan fingerprint density at radius 3 is 2.55 bits per heavy atom. The highest BCUT2D eigenvalue weighted by Gasteiger charge is 2.65. The molecule has 0 heterocycles. The van der Waals surface area contributed by atoms with E-state index < -0.39 is 17.5 Å². The first kappa shape index (κ1) is 21.3. The maximum Gasteiger partial charge on any atom is 0.303 e. The maximum atomic E-state index is 13.6. The van der Waals surface area contributed by atoms with Crippen LogP contribution in [0.25, 0.3) is 0 Å². The van der Waals surface area contributed by atoms with Crippen molar-refractivity contribution < 1.29 is 24.9 Å². The maximum absolute atomic E-state index is 13.6. The van der Waals surface area contributed by atoms with Gasteiger partial charge in [-0.1, -0.05) is 20.8 Å². The molecular formula is C24H38O5. The zero-order chi connectivity index (χ0) is 21.1. The summed E-state index contributed by atoms with van der Waals surface area (Å²) in [6, 6.07) is 0. The average Bonchev–Trinajstić information content (AvgIpc) is 3.01. The van der Waals surface area contributed by atoms with Crippen LogP contribution < -0.4 is 0 Å². The summed E-state index contributed by atoms with van der Waals surface area (Å²) < 4.78 is 0. The van der Waals surface area contributed by atoms with Crippen LogP contribution in [0.4, 0.5) is 0 Å². The minimum Gasteiger partial charge on any atom is -0.481 e. The second kappa shape index (κ2) is 7.33. The SMILES string of the molecule is C[C@@H](CCC(=O)O)[C@H]1CC[C@@H]2[C@H]3[C@H](O)C[C@@H]4C[C@H](O)CC[C@]4(C)[C@H]3CC(=O)[C@@]21C. The van der Waals surface area contributed by atoms with E-state index in [2.05, 4.69) is 20.8 Å². The molecular weight excluding hydrogens is 368 g/mol. The van der Waals surface area contributed by atoms with Crippen LogP contribution in [0.2, 0.25) is 0 Å². The summed E-state index contributed by atoms with van der Waals surface area (Å²) in [4.78, 5) is 24.7. The molecule has 0 saturated heterocycles. The van der Waals surface area contributed by atoms with Crippen LogP contribution in [0.5, 0.6) is 0 Å². The van der Waals surface area contributed by atoms with Crippen LogP contribution in [0.15, 0.2) is 0 Å². The fraction of sp³-hybridized carbons (Fsp3) is 0.917. The van der Waals surface area contributed by atoms with Gasteiger partial charge in [0.05, 0.1) is 12.2 Å². The van der Waals surface area contributed by atoms with Crippen LogP contribution in [0.3, 0.4) is 0 Å². The van der Waals surface area contributed by atoms with E-state index in [0.29, 0.717) is 24.5 Å². The molecule has 0 bridgehead atoms. The molecule has 4 rings (SSSR count). The molecule has 5 nitrogen and oxygen atoms in total. The summed E-state index contributed by atoms with van der Waals surface area (Å²) in [5, 5.41) is 30.5. The molecule has 0 aromatic heterocycles. The van der Waals surface area contributed by atoms with Gasteiger partial charge in [0.15, 0.2) is 0 Å². The molecule has 4 fully saturated rings. The Bertz CT molecular complexity index is 676. The smallest absolute Gasteiger partial charge is 0.303 e. The summed E-state index contributed by atoms with van der Waals surface area (Å²) in [5.74, 6) is 0.855. The first-order valence-electron chi connectivity index (χ1n) is 11.7. The van der Waals surface area contributed by atoms with Crippen molar-refractivity contribution >= 4 is 11.8 Å². The Kier molecular flexibility index (Phi) is 5.39. The zero-order valence-electron chi connectivity index (χ0n) is 18.1. The van der Waals surface area contributed by atoms with E-state index in [1.807, 2.05) is 0 Å². The number of fused-ring (bicyclic) bond motifs is 5. The van der Waals surface area contributed by atoms with Gasteiger partial charge >= 0.3 is 5.97 Å². The first-order chi connectivity index (χ1) is 13.6. The Labute approximate surface area is 174 Å². The number of aliphatic carboxylic acids is 1. The van der Waals surface area contributed by atoms with Crippen molar-refractivity contribution in [2.75, 3.05) is 0 Å². The Morgan fingerprint density at radius 2 is 1.86 bits per heavy atom. The normalized spacial score (nSPS) is 50.4. The topological polar surface area (TPSA) is 94.8 Å². The van der Waals surface area contributed by atoms with Gasteiger partial charge < -0.3 is 15.3 Å². The second-order valence-electron chi connectivity index (χ2n) is 11.2. The highest BCUT2D eigenvalue weighted by molar-refractivity contribution is 5.87. The number of aliphatic hydroxyl groups excluding tert-OH is 2. The minimum absolute atomic E-state index is 0.0348. The van der Waals surface area contributed by atoms with Crippen LogP contribution >= 0.6 is 0 Å². The molecule has 0 aromatic carbocycles. The lowest BCUT2D eigenvalue weighted by Gasteiger charge is -2.61. The molecule has 5 heteroatoms. The number of hydrogen-bond acceptors (Lipinski definition) is 4. The van der Waals surface area contributed by atoms with Gasteiger partial charge in [-0.3, -0.25) is 9.59 Å². The third-order valence-electron chi connectivity index (χ3n) is 10.1. The molecule has 4 aliphatic carbocycles. The summed E-state index contributed by atoms with van der Waals surface area (Å²) in [6.07, 6.45) is 5.82. The molecule has 4 aliphatic rings. The highest BCUT2D eigenvalue weighted by Crippen LogP contribution is 2.67. The molecule has 3 N–H and O–H groups in total. The lowest BCUT2D eigenvalue weighted by Crippen LogP contribution is -2.61. The number of aliphatic hydroxyl groups is 2. The fourth-order valence-corrected chi connectivity index (χ4v) is 8.41. The number of ketones is 1. The number of carboxylic acids is 1. The van der Waals surface area contributed by atoms with Gasteiger partial charge in [-0.05, 0) is 85.9 Å². The lowest BCUT2D eigenvalue weighted by atomic mass is 9.43. The third kappa shape index (κ3) is 3.18. The minimum atomic E-state index is -0.771. The fourth-order valence-electron chi connectivity index (χ4n) is 8.41. The molecule has 0 amide bonds. The third-order valence-corrected chi connectivity index (χ3v) is 10.1. The number of rotatable bonds is 4. The zero-order valence-corrected chi connectivity index (χ0v) is 18.1. The Hall–Kier alpha value is -0.940. The van der Waals surface area contributed by atoms with Crippen molar-refractivity contribution in [3.05, 3.63) is 0 Å². The van der Waals surface area contributed by atoms with Gasteiger partial charge in [-0.25, -0.2) is 0 Å². The molecule has 0 unspecified atom stereocenters. The number of carboxylic acid groups (broad SMARTS) is 1. The molecule has 10 atom stereocenters. The largest absolute Gasteiger partial charge is 0.481 e. The predicted molar refractivity (Wildman–Crippen MR) is 109 cm³/mol. The van der Waals surface area contributed by atoms with E-state index in [0.717, 1.165) is 38.5 Å². The summed E-state index contributed by atoms with van der Waals surface area (Å²) in [5.41, 5.74) is -0.398. The molecule has 4 saturated carbocycles. The average molecular weight is 407 g/mol. The van der Waals surface area contributed by atoms with Crippen molar-refractivity contribution in [1.82, 2.24) is 0 Å². The van der Waals surface area contributed by atoms with Crippen molar-refractivity contribution in [3.8, 4) is 0 Å². The molecule has 0 spiro atoms. The predicted octanol–water partition coefficient (Wildman–Crippen LogP) is 3.66. The standard InChI is InChI=1S/C24H38O5/c1-13(4-7-21(28)29)16-5-6-17-22-18(12-20(27)24(16,17)3)23(2)9-8-15(25)10-14(23)11-19(22)26/h13-19,22,25-26H,4-12H2,1-3H3,(H,28,29)/t13-,14-,15+,16+,17+,18-,19+,22+,23-,24+/m0/s1. The Morgan fingerprint density at radius 1 is 1.14 bits per heavy atom. The van der Waals surface area contributed by atoms with Crippen LogP contribution in [0, 0.1) is 46.3 Å². The lowest BCUT2D eigenvalue weighted by molar-refractivity contribution is -0.181. The van der Waals surface area contributed by atoms with Gasteiger partial charge in [0.2, 0.25) is 0 Å². The summed E-state index contributed by atoms with van der Waals surface area (Å²) in [7, 11) is 0. The molecule has 0 aromatic rings. The number of Topliss-reactive ketones (excluding diaryl/α,β-unsaturated/α-hetero) is 1. The molecule has 0 aliphatic heterocycles. The quantitative estimate of drug-likeness (QED) is 0.662. The van der Waals surface area contributed by atoms with Crippen LogP contribution in [-0.2, 0) is 9.59 Å². The Balaban J connectivity index is 1.62. The molecule has 0 radical (unpaired) electrons. The second-order valence-corrected chi connectivity index (χ2v) is 11.2. The van der Waals surface area contributed by atoms with E-state index in [1.54, 1.807) is 0 Å². The van der Waals surface area contributed by atoms with Crippen LogP contribution in [0.1, 0.15) is 78.6 Å². The van der Waals surface area contributed by atoms with Crippen molar-refractivity contribution in [1.29, 1.82) is 0 Å². The van der Waals surface area contributed by atoms with Gasteiger partial charge in [0, 0.05) is 18.3 Å². The van der Waals surface area contributed by atoms with Crippen LogP contribution in [-0.4, -0.2) is 39.3 Å². The van der Waals surface area contributed by atoms with E-state index in [-0.39, 0.29) is 47.5 Å². The van der Waals surface area contributed by atoms with E-state index in [9.17, 15) is 19.8 Å². The van der Waals surface area contributed by atoms with Crippen molar-refractivity contribution in [3.63, 3.8) is 0 Å². The number of hydrogen-bond donors (Lipinski definition) is 3. The highest BCUT2D eigenvalue weighted by atomic mass is 16.4. The van der Waals surface area contributed by atoms with Gasteiger partial charge in [0.25, 0.3) is 0 Å². The van der Waals surface area contributed by atoms with Crippen molar-refractivity contribution in [2.24, 2.45) is 46.3 Å². The van der Waals surface area contributed by atoms with Gasteiger partial charge in [-0.15, -0.1) is 0 Å².